The molecule has 0 aromatic heterocycles. The lowest BCUT2D eigenvalue weighted by Gasteiger charge is -2.07. The molecule has 0 spiro atoms. The van der Waals surface area contributed by atoms with Crippen LogP contribution in [0.15, 0.2) is 0 Å². The van der Waals surface area contributed by atoms with Gasteiger partial charge in [0.15, 0.2) is 0 Å². The minimum absolute atomic E-state index is 0.192. The zero-order valence-corrected chi connectivity index (χ0v) is 15.2. The zero-order chi connectivity index (χ0) is 14.8. The van der Waals surface area contributed by atoms with E-state index in [1.807, 2.05) is 6.92 Å². The quantitative estimate of drug-likeness (QED) is 0.665. The SMILES string of the molecule is CCCCC1CSC(=S)O1.CCOCC1CSC(=S)O1. The van der Waals surface area contributed by atoms with Crippen LogP contribution in [0.3, 0.4) is 0 Å². The van der Waals surface area contributed by atoms with E-state index in [9.17, 15) is 0 Å². The first-order chi connectivity index (χ1) is 9.65. The van der Waals surface area contributed by atoms with E-state index < -0.39 is 0 Å². The maximum Gasteiger partial charge on any atom is 0.220 e. The second-order valence-electron chi connectivity index (χ2n) is 4.40. The number of thiocarbonyl (C=S) groups is 2. The molecule has 0 bridgehead atoms. The van der Waals surface area contributed by atoms with E-state index in [-0.39, 0.29) is 6.10 Å². The van der Waals surface area contributed by atoms with Crippen LogP contribution >= 0.6 is 48.0 Å². The molecule has 2 unspecified atom stereocenters. The van der Waals surface area contributed by atoms with Gasteiger partial charge in [0, 0.05) is 18.1 Å². The fourth-order valence-corrected chi connectivity index (χ4v) is 3.77. The van der Waals surface area contributed by atoms with Gasteiger partial charge in [0.1, 0.15) is 12.2 Å². The molecule has 0 N–H and O–H groups in total. The molecule has 116 valence electrons. The van der Waals surface area contributed by atoms with Crippen molar-refractivity contribution in [2.75, 3.05) is 24.7 Å². The maximum absolute atomic E-state index is 5.36. The summed E-state index contributed by atoms with van der Waals surface area (Å²) in [5, 5.41) is 0. The summed E-state index contributed by atoms with van der Waals surface area (Å²) in [5.41, 5.74) is 0. The lowest BCUT2D eigenvalue weighted by atomic mass is 10.2. The molecule has 7 heteroatoms. The van der Waals surface area contributed by atoms with Gasteiger partial charge in [-0.05, 0) is 37.8 Å². The molecule has 0 saturated carbocycles. The van der Waals surface area contributed by atoms with E-state index in [0.717, 1.165) is 22.5 Å². The van der Waals surface area contributed by atoms with Crippen LogP contribution < -0.4 is 0 Å². The first-order valence-corrected chi connectivity index (χ1v) is 9.69. The molecule has 0 amide bonds. The van der Waals surface area contributed by atoms with E-state index in [0.29, 0.717) is 17.1 Å². The van der Waals surface area contributed by atoms with E-state index in [4.69, 9.17) is 38.6 Å². The fourth-order valence-electron chi connectivity index (χ4n) is 1.64. The standard InChI is InChI=1S/C7H12OS2.C6H10O2S2/c1-2-3-4-6-5-10-7(9)8-6;1-2-7-3-5-4-10-6(9)8-5/h6H,2-5H2,1H3;5H,2-4H2,1H3. The van der Waals surface area contributed by atoms with E-state index >= 15 is 0 Å². The van der Waals surface area contributed by atoms with Crippen molar-refractivity contribution < 1.29 is 14.2 Å². The molecule has 0 aliphatic carbocycles. The Bertz CT molecular complexity index is 282. The van der Waals surface area contributed by atoms with Gasteiger partial charge in [-0.25, -0.2) is 0 Å². The van der Waals surface area contributed by atoms with Crippen LogP contribution in [0, 0.1) is 0 Å². The fraction of sp³-hybridized carbons (Fsp3) is 0.846. The Morgan fingerprint density at radius 3 is 2.15 bits per heavy atom. The number of ether oxygens (including phenoxy) is 3. The summed E-state index contributed by atoms with van der Waals surface area (Å²) >= 11 is 13.0. The van der Waals surface area contributed by atoms with Crippen molar-refractivity contribution in [1.82, 2.24) is 0 Å². The van der Waals surface area contributed by atoms with Gasteiger partial charge in [0.2, 0.25) is 8.77 Å². The topological polar surface area (TPSA) is 27.7 Å². The minimum atomic E-state index is 0.192. The lowest BCUT2D eigenvalue weighted by Crippen LogP contribution is -2.17. The summed E-state index contributed by atoms with van der Waals surface area (Å²) < 4.78 is 17.2. The second kappa shape index (κ2) is 11.1. The highest BCUT2D eigenvalue weighted by molar-refractivity contribution is 8.23. The first kappa shape index (κ1) is 18.5. The Balaban J connectivity index is 0.000000200. The average Bonchev–Trinajstić information content (AvgIpc) is 3.03. The molecule has 2 atom stereocenters. The van der Waals surface area contributed by atoms with Crippen LogP contribution in [0.4, 0.5) is 0 Å². The van der Waals surface area contributed by atoms with Crippen molar-refractivity contribution in [3.63, 3.8) is 0 Å². The van der Waals surface area contributed by atoms with Crippen LogP contribution in [0.1, 0.15) is 33.1 Å². The van der Waals surface area contributed by atoms with Crippen molar-refractivity contribution in [1.29, 1.82) is 0 Å². The number of hydrogen-bond acceptors (Lipinski definition) is 7. The third-order valence-corrected chi connectivity index (χ3v) is 5.33. The molecule has 2 fully saturated rings. The molecule has 2 saturated heterocycles. The molecular formula is C13H22O3S4. The maximum atomic E-state index is 5.36. The van der Waals surface area contributed by atoms with E-state index in [2.05, 4.69) is 6.92 Å². The highest BCUT2D eigenvalue weighted by Crippen LogP contribution is 2.23. The van der Waals surface area contributed by atoms with Gasteiger partial charge in [-0.2, -0.15) is 0 Å². The van der Waals surface area contributed by atoms with Crippen LogP contribution in [0.5, 0.6) is 0 Å². The third kappa shape index (κ3) is 8.02. The largest absolute Gasteiger partial charge is 0.474 e. The first-order valence-electron chi connectivity index (χ1n) is 6.90. The number of unbranched alkanes of at least 4 members (excludes halogenated alkanes) is 1. The molecule has 2 aliphatic rings. The van der Waals surface area contributed by atoms with Crippen LogP contribution in [-0.2, 0) is 14.2 Å². The molecular weight excluding hydrogens is 332 g/mol. The van der Waals surface area contributed by atoms with Gasteiger partial charge in [0.05, 0.1) is 6.61 Å². The van der Waals surface area contributed by atoms with Gasteiger partial charge >= 0.3 is 0 Å². The van der Waals surface area contributed by atoms with Crippen molar-refractivity contribution in [3.05, 3.63) is 0 Å². The molecule has 3 nitrogen and oxygen atoms in total. The number of hydrogen-bond donors (Lipinski definition) is 0. The third-order valence-electron chi connectivity index (χ3n) is 2.69. The van der Waals surface area contributed by atoms with Gasteiger partial charge in [-0.1, -0.05) is 43.3 Å². The van der Waals surface area contributed by atoms with Crippen LogP contribution in [-0.4, -0.2) is 45.7 Å². The predicted molar refractivity (Wildman–Crippen MR) is 95.9 cm³/mol. The smallest absolute Gasteiger partial charge is 0.220 e. The molecule has 2 heterocycles. The van der Waals surface area contributed by atoms with Gasteiger partial charge in [-0.15, -0.1) is 0 Å². The highest BCUT2D eigenvalue weighted by Gasteiger charge is 2.21. The molecule has 0 aromatic rings. The molecule has 2 aliphatic heterocycles. The minimum Gasteiger partial charge on any atom is -0.474 e. The number of rotatable bonds is 6. The molecule has 20 heavy (non-hydrogen) atoms. The predicted octanol–water partition coefficient (Wildman–Crippen LogP) is 4.03. The Labute approximate surface area is 140 Å². The Morgan fingerprint density at radius 2 is 1.70 bits per heavy atom. The van der Waals surface area contributed by atoms with Crippen LogP contribution in [0.25, 0.3) is 0 Å². The van der Waals surface area contributed by atoms with Crippen molar-refractivity contribution in [2.24, 2.45) is 0 Å². The summed E-state index contributed by atoms with van der Waals surface area (Å²) in [6.45, 7) is 5.59. The Kier molecular flexibility index (Phi) is 10.2. The van der Waals surface area contributed by atoms with Crippen molar-refractivity contribution in [2.45, 2.75) is 45.3 Å². The molecule has 2 rings (SSSR count). The van der Waals surface area contributed by atoms with Crippen molar-refractivity contribution >= 4 is 56.7 Å². The summed E-state index contributed by atoms with van der Waals surface area (Å²) in [6, 6.07) is 0. The van der Waals surface area contributed by atoms with Gasteiger partial charge < -0.3 is 14.2 Å². The van der Waals surface area contributed by atoms with Crippen LogP contribution in [0.2, 0.25) is 0 Å². The zero-order valence-electron chi connectivity index (χ0n) is 12.0. The van der Waals surface area contributed by atoms with Gasteiger partial charge in [-0.3, -0.25) is 0 Å². The van der Waals surface area contributed by atoms with Gasteiger partial charge in [0.25, 0.3) is 0 Å². The Hall–Kier alpha value is 0.440. The van der Waals surface area contributed by atoms with Crippen molar-refractivity contribution in [3.8, 4) is 0 Å². The lowest BCUT2D eigenvalue weighted by molar-refractivity contribution is 0.0696. The second-order valence-corrected chi connectivity index (χ2v) is 7.65. The molecule has 0 aromatic carbocycles. The number of thioether (sulfide) groups is 2. The highest BCUT2D eigenvalue weighted by atomic mass is 32.2. The summed E-state index contributed by atoms with van der Waals surface area (Å²) in [4.78, 5) is 0. The van der Waals surface area contributed by atoms with E-state index in [1.165, 1.54) is 19.3 Å². The summed E-state index contributed by atoms with van der Waals surface area (Å²) in [7, 11) is 0. The Morgan fingerprint density at radius 1 is 1.10 bits per heavy atom. The van der Waals surface area contributed by atoms with E-state index in [1.54, 1.807) is 23.5 Å². The summed E-state index contributed by atoms with van der Waals surface area (Å²) in [5.74, 6) is 2.01. The molecule has 0 radical (unpaired) electrons. The summed E-state index contributed by atoms with van der Waals surface area (Å²) in [6.07, 6.45) is 4.28. The normalized spacial score (nSPS) is 24.9. The monoisotopic (exact) mass is 354 g/mol. The average molecular weight is 355 g/mol.